The number of rotatable bonds is 8. The Morgan fingerprint density at radius 3 is 2.10 bits per heavy atom. The minimum absolute atomic E-state index is 0.145. The van der Waals surface area contributed by atoms with Crippen LogP contribution in [0.2, 0.25) is 5.02 Å². The Morgan fingerprint density at radius 2 is 1.48 bits per heavy atom. The first kappa shape index (κ1) is 29.6. The van der Waals surface area contributed by atoms with Gasteiger partial charge in [-0.1, -0.05) is 41.9 Å². The standard InChI is InChI=1S/C33H33ClN2O5S/c1-39-29-12-6-24(7-13-29)21-36(22-25-8-14-30(40-2)15-9-25)42(37,38)31-16-17-33-32(20-31)35-18-4-3-5-26-19-28(34)11-10-27(26)23-41-33/h6-20H,3-5,21-23H2,1-2H3/b35-18-. The molecule has 1 heterocycles. The van der Waals surface area contributed by atoms with Crippen molar-refractivity contribution in [3.05, 3.63) is 112 Å². The molecule has 0 radical (unpaired) electrons. The summed E-state index contributed by atoms with van der Waals surface area (Å²) in [6.45, 7) is 0.686. The molecule has 0 amide bonds. The molecule has 7 nitrogen and oxygen atoms in total. The number of sulfonamides is 1. The van der Waals surface area contributed by atoms with Crippen LogP contribution in [0.15, 0.2) is 94.8 Å². The fraction of sp³-hybridized carbons (Fsp3) is 0.242. The van der Waals surface area contributed by atoms with Crippen molar-refractivity contribution >= 4 is 33.5 Å². The summed E-state index contributed by atoms with van der Waals surface area (Å²) in [4.78, 5) is 4.77. The van der Waals surface area contributed by atoms with Crippen molar-refractivity contribution in [1.82, 2.24) is 4.31 Å². The van der Waals surface area contributed by atoms with Gasteiger partial charge in [0, 0.05) is 24.3 Å². The Morgan fingerprint density at radius 1 is 0.833 bits per heavy atom. The molecule has 0 unspecified atom stereocenters. The van der Waals surface area contributed by atoms with E-state index in [1.165, 1.54) is 4.31 Å². The zero-order chi connectivity index (χ0) is 29.5. The van der Waals surface area contributed by atoms with Gasteiger partial charge >= 0.3 is 0 Å². The number of fused-ring (bicyclic) bond motifs is 2. The van der Waals surface area contributed by atoms with Crippen LogP contribution in [-0.2, 0) is 36.1 Å². The third kappa shape index (κ3) is 7.13. The second-order valence-electron chi connectivity index (χ2n) is 10.0. The first-order valence-corrected chi connectivity index (χ1v) is 15.5. The van der Waals surface area contributed by atoms with Crippen LogP contribution < -0.4 is 14.2 Å². The summed E-state index contributed by atoms with van der Waals surface area (Å²) in [6.07, 6.45) is 4.30. The van der Waals surface area contributed by atoms with Gasteiger partial charge in [0.05, 0.1) is 19.1 Å². The molecule has 0 fully saturated rings. The summed E-state index contributed by atoms with van der Waals surface area (Å²) >= 11 is 6.23. The van der Waals surface area contributed by atoms with Gasteiger partial charge in [-0.05, 0) is 96.1 Å². The van der Waals surface area contributed by atoms with Gasteiger partial charge in [-0.25, -0.2) is 8.42 Å². The summed E-state index contributed by atoms with van der Waals surface area (Å²) in [5.41, 5.74) is 4.34. The number of ether oxygens (including phenoxy) is 3. The molecule has 1 aliphatic heterocycles. The summed E-state index contributed by atoms with van der Waals surface area (Å²) in [6, 6.07) is 25.5. The minimum atomic E-state index is -3.93. The first-order valence-electron chi connectivity index (χ1n) is 13.7. The second kappa shape index (κ2) is 13.4. The van der Waals surface area contributed by atoms with Gasteiger partial charge in [0.1, 0.15) is 29.5 Å². The molecule has 1 aliphatic rings. The number of methoxy groups -OCH3 is 2. The number of nitrogens with zero attached hydrogens (tertiary/aromatic N) is 2. The SMILES string of the molecule is COc1ccc(CN(Cc2ccc(OC)cc2)S(=O)(=O)c2ccc3c(c2)/N=C\CCCc2cc(Cl)ccc2CO3)cc1. The summed E-state index contributed by atoms with van der Waals surface area (Å²) in [5, 5.41) is 0.696. The second-order valence-corrected chi connectivity index (χ2v) is 12.4. The highest BCUT2D eigenvalue weighted by Crippen LogP contribution is 2.34. The van der Waals surface area contributed by atoms with Crippen molar-refractivity contribution in [2.24, 2.45) is 4.99 Å². The van der Waals surface area contributed by atoms with Gasteiger partial charge in [0.15, 0.2) is 0 Å². The van der Waals surface area contributed by atoms with E-state index in [1.54, 1.807) is 32.4 Å². The molecule has 5 rings (SSSR count). The average Bonchev–Trinajstić information content (AvgIpc) is 3.04. The highest BCUT2D eigenvalue weighted by Gasteiger charge is 2.26. The first-order chi connectivity index (χ1) is 20.4. The highest BCUT2D eigenvalue weighted by atomic mass is 35.5. The Kier molecular flexibility index (Phi) is 9.47. The number of halogens is 1. The zero-order valence-corrected chi connectivity index (χ0v) is 25.2. The predicted molar refractivity (Wildman–Crippen MR) is 166 cm³/mol. The lowest BCUT2D eigenvalue weighted by Crippen LogP contribution is -2.30. The zero-order valence-electron chi connectivity index (χ0n) is 23.6. The smallest absolute Gasteiger partial charge is 0.243 e. The summed E-state index contributed by atoms with van der Waals surface area (Å²) in [7, 11) is -0.736. The van der Waals surface area contributed by atoms with Crippen LogP contribution in [-0.4, -0.2) is 33.2 Å². The van der Waals surface area contributed by atoms with Gasteiger partial charge in [-0.3, -0.25) is 4.99 Å². The number of benzene rings is 4. The third-order valence-corrected chi connectivity index (χ3v) is 9.19. The molecule has 0 aromatic heterocycles. The maximum atomic E-state index is 14.2. The van der Waals surface area contributed by atoms with E-state index in [-0.39, 0.29) is 18.0 Å². The molecule has 0 aliphatic carbocycles. The Labute approximate surface area is 252 Å². The van der Waals surface area contributed by atoms with Crippen LogP contribution in [0.5, 0.6) is 17.2 Å². The van der Waals surface area contributed by atoms with Crippen molar-refractivity contribution in [1.29, 1.82) is 0 Å². The lowest BCUT2D eigenvalue weighted by molar-refractivity contribution is 0.306. The van der Waals surface area contributed by atoms with Gasteiger partial charge in [0.25, 0.3) is 0 Å². The van der Waals surface area contributed by atoms with Gasteiger partial charge in [0.2, 0.25) is 10.0 Å². The third-order valence-electron chi connectivity index (χ3n) is 7.17. The molecule has 0 saturated carbocycles. The van der Waals surface area contributed by atoms with Crippen molar-refractivity contribution in [2.45, 2.75) is 43.9 Å². The lowest BCUT2D eigenvalue weighted by Gasteiger charge is -2.23. The lowest BCUT2D eigenvalue weighted by atomic mass is 10.0. The van der Waals surface area contributed by atoms with Crippen LogP contribution >= 0.6 is 11.6 Å². The number of hydrogen-bond donors (Lipinski definition) is 0. The highest BCUT2D eigenvalue weighted by molar-refractivity contribution is 7.89. The number of aryl methyl sites for hydroxylation is 1. The molecule has 0 saturated heterocycles. The minimum Gasteiger partial charge on any atom is -0.497 e. The quantitative estimate of drug-likeness (QED) is 0.210. The van der Waals surface area contributed by atoms with Crippen LogP contribution in [0.25, 0.3) is 0 Å². The van der Waals surface area contributed by atoms with E-state index in [0.29, 0.717) is 34.6 Å². The topological polar surface area (TPSA) is 77.4 Å². The van der Waals surface area contributed by atoms with Crippen LogP contribution in [0.3, 0.4) is 0 Å². The van der Waals surface area contributed by atoms with Crippen molar-refractivity contribution in [3.8, 4) is 17.2 Å². The van der Waals surface area contributed by atoms with E-state index in [2.05, 4.69) is 4.99 Å². The molecule has 4 aromatic carbocycles. The molecule has 0 spiro atoms. The van der Waals surface area contributed by atoms with E-state index in [0.717, 1.165) is 41.5 Å². The number of aliphatic imine (C=N–C) groups is 1. The fourth-order valence-electron chi connectivity index (χ4n) is 4.79. The largest absolute Gasteiger partial charge is 0.497 e. The van der Waals surface area contributed by atoms with E-state index in [4.69, 9.17) is 25.8 Å². The van der Waals surface area contributed by atoms with Gasteiger partial charge in [-0.2, -0.15) is 4.31 Å². The molecule has 9 heteroatoms. The molecule has 0 atom stereocenters. The summed E-state index contributed by atoms with van der Waals surface area (Å²) < 4.78 is 46.5. The van der Waals surface area contributed by atoms with Gasteiger partial charge in [-0.15, -0.1) is 0 Å². The fourth-order valence-corrected chi connectivity index (χ4v) is 6.43. The maximum Gasteiger partial charge on any atom is 0.243 e. The van der Waals surface area contributed by atoms with E-state index in [1.807, 2.05) is 72.9 Å². The molecular weight excluding hydrogens is 572 g/mol. The van der Waals surface area contributed by atoms with E-state index >= 15 is 0 Å². The molecule has 42 heavy (non-hydrogen) atoms. The van der Waals surface area contributed by atoms with Gasteiger partial charge < -0.3 is 14.2 Å². The molecule has 0 bridgehead atoms. The van der Waals surface area contributed by atoms with Crippen LogP contribution in [0.1, 0.15) is 35.1 Å². The van der Waals surface area contributed by atoms with Crippen molar-refractivity contribution in [2.75, 3.05) is 14.2 Å². The van der Waals surface area contributed by atoms with Crippen molar-refractivity contribution < 1.29 is 22.6 Å². The normalized spacial score (nSPS) is 14.2. The van der Waals surface area contributed by atoms with E-state index in [9.17, 15) is 8.42 Å². The Bertz CT molecular complexity index is 1610. The molecule has 4 aromatic rings. The Hall–Kier alpha value is -3.85. The average molecular weight is 605 g/mol. The Balaban J connectivity index is 1.47. The van der Waals surface area contributed by atoms with Crippen LogP contribution in [0, 0.1) is 0 Å². The van der Waals surface area contributed by atoms with Crippen molar-refractivity contribution in [3.63, 3.8) is 0 Å². The molecule has 218 valence electrons. The van der Waals surface area contributed by atoms with Crippen LogP contribution in [0.4, 0.5) is 5.69 Å². The maximum absolute atomic E-state index is 14.2. The monoisotopic (exact) mass is 604 g/mol. The molecular formula is C33H33ClN2O5S. The van der Waals surface area contributed by atoms with E-state index < -0.39 is 10.0 Å². The summed E-state index contributed by atoms with van der Waals surface area (Å²) in [5.74, 6) is 1.93. The molecule has 0 N–H and O–H groups in total. The predicted octanol–water partition coefficient (Wildman–Crippen LogP) is 7.37. The number of hydrogen-bond acceptors (Lipinski definition) is 6.